The third kappa shape index (κ3) is 74.1. The average molecular weight is 1450 g/mol. The first-order valence-electron chi connectivity index (χ1n) is 41.3. The van der Waals surface area contributed by atoms with E-state index in [1.165, 1.54) is 225 Å². The summed E-state index contributed by atoms with van der Waals surface area (Å²) in [6.07, 6.45) is 58.2. The normalized spacial score (nSPS) is 14.0. The fraction of sp³-hybridized carbons (Fsp3) is 0.950. The quantitative estimate of drug-likeness (QED) is 0.0222. The van der Waals surface area contributed by atoms with Gasteiger partial charge < -0.3 is 33.8 Å². The lowest BCUT2D eigenvalue weighted by molar-refractivity contribution is -0.161. The fourth-order valence-electron chi connectivity index (χ4n) is 12.3. The Labute approximate surface area is 607 Å². The van der Waals surface area contributed by atoms with Crippen LogP contribution < -0.4 is 0 Å². The molecule has 0 aliphatic heterocycles. The molecule has 0 aliphatic rings. The van der Waals surface area contributed by atoms with Gasteiger partial charge in [-0.15, -0.1) is 0 Å². The summed E-state index contributed by atoms with van der Waals surface area (Å²) in [4.78, 5) is 73.0. The summed E-state index contributed by atoms with van der Waals surface area (Å²) >= 11 is 0. The fourth-order valence-corrected chi connectivity index (χ4v) is 13.9. The number of carbonyl (C=O) groups excluding carboxylic acids is 4. The van der Waals surface area contributed by atoms with Gasteiger partial charge in [-0.2, -0.15) is 0 Å². The molecule has 0 saturated carbocycles. The third-order valence-corrected chi connectivity index (χ3v) is 20.5. The zero-order valence-electron chi connectivity index (χ0n) is 65.0. The predicted molar refractivity (Wildman–Crippen MR) is 405 cm³/mol. The van der Waals surface area contributed by atoms with E-state index >= 15 is 0 Å². The Kier molecular flexibility index (Phi) is 69.0. The van der Waals surface area contributed by atoms with Gasteiger partial charge in [-0.25, -0.2) is 9.13 Å². The van der Waals surface area contributed by atoms with Crippen molar-refractivity contribution in [3.05, 3.63) is 0 Å². The minimum Gasteiger partial charge on any atom is -0.462 e. The Bertz CT molecular complexity index is 1920. The van der Waals surface area contributed by atoms with Gasteiger partial charge in [-0.1, -0.05) is 363 Å². The first-order chi connectivity index (χ1) is 47.7. The molecule has 0 heterocycles. The molecule has 0 aromatic carbocycles. The molecule has 99 heavy (non-hydrogen) atoms. The number of hydrogen-bond donors (Lipinski definition) is 3. The van der Waals surface area contributed by atoms with Gasteiger partial charge in [0.15, 0.2) is 12.2 Å². The van der Waals surface area contributed by atoms with E-state index in [1.807, 2.05) is 0 Å². The molecule has 0 fully saturated rings. The van der Waals surface area contributed by atoms with Gasteiger partial charge in [0.2, 0.25) is 0 Å². The molecule has 0 saturated heterocycles. The summed E-state index contributed by atoms with van der Waals surface area (Å²) < 4.78 is 68.7. The van der Waals surface area contributed by atoms with Crippen molar-refractivity contribution in [3.8, 4) is 0 Å². The number of carbonyl (C=O) groups is 4. The van der Waals surface area contributed by atoms with E-state index in [4.69, 9.17) is 37.0 Å². The van der Waals surface area contributed by atoms with Crippen molar-refractivity contribution in [2.75, 3.05) is 39.6 Å². The lowest BCUT2D eigenvalue weighted by Gasteiger charge is -2.21. The van der Waals surface area contributed by atoms with Gasteiger partial charge >= 0.3 is 39.5 Å². The van der Waals surface area contributed by atoms with E-state index < -0.39 is 97.5 Å². The standard InChI is InChI=1S/C80H156O17P2/c1-8-9-10-11-12-13-33-40-47-54-61-77(82)90-67-75(96-80(85)64-57-50-43-36-29-23-21-26-32-39-46-53-60-73(6)7)69-94-98(86,87)92-65-74(81)66-93-99(88,89)95-70-76(68-91-78(83)62-55-48-41-34-27-22-20-25-31-38-45-52-59-72(4)5)97-79(84)63-56-49-42-35-28-19-17-15-14-16-18-24-30-37-44-51-58-71(2)3/h71-76,81H,8-70H2,1-7H3,(H,86,87)(H,88,89)/t74-,75+,76+/m0/s1. The van der Waals surface area contributed by atoms with Crippen LogP contribution >= 0.6 is 15.6 Å². The van der Waals surface area contributed by atoms with Crippen molar-refractivity contribution < 1.29 is 80.2 Å². The topological polar surface area (TPSA) is 237 Å². The predicted octanol–water partition coefficient (Wildman–Crippen LogP) is 23.7. The number of aliphatic hydroxyl groups is 1. The van der Waals surface area contributed by atoms with Crippen LogP contribution in [0.15, 0.2) is 0 Å². The molecule has 2 unspecified atom stereocenters. The van der Waals surface area contributed by atoms with Crippen LogP contribution in [0.5, 0.6) is 0 Å². The van der Waals surface area contributed by atoms with Crippen molar-refractivity contribution in [2.45, 2.75) is 433 Å². The van der Waals surface area contributed by atoms with E-state index in [1.54, 1.807) is 0 Å². The molecule has 588 valence electrons. The zero-order valence-corrected chi connectivity index (χ0v) is 66.8. The highest BCUT2D eigenvalue weighted by Crippen LogP contribution is 2.45. The first-order valence-corrected chi connectivity index (χ1v) is 44.3. The summed E-state index contributed by atoms with van der Waals surface area (Å²) in [6, 6.07) is 0. The third-order valence-electron chi connectivity index (χ3n) is 18.6. The van der Waals surface area contributed by atoms with Crippen molar-refractivity contribution in [1.82, 2.24) is 0 Å². The van der Waals surface area contributed by atoms with Gasteiger partial charge in [0, 0.05) is 25.7 Å². The van der Waals surface area contributed by atoms with Gasteiger partial charge in [-0.3, -0.25) is 37.3 Å². The lowest BCUT2D eigenvalue weighted by atomic mass is 10.0. The molecule has 0 radical (unpaired) electrons. The van der Waals surface area contributed by atoms with Crippen LogP contribution in [-0.4, -0.2) is 96.7 Å². The van der Waals surface area contributed by atoms with E-state index in [-0.39, 0.29) is 25.7 Å². The molecular formula is C80H156O17P2. The minimum absolute atomic E-state index is 0.107. The summed E-state index contributed by atoms with van der Waals surface area (Å²) in [5, 5.41) is 10.6. The molecule has 0 bridgehead atoms. The zero-order chi connectivity index (χ0) is 73.0. The maximum atomic E-state index is 13.1. The molecule has 0 aromatic heterocycles. The lowest BCUT2D eigenvalue weighted by Crippen LogP contribution is -2.30. The maximum absolute atomic E-state index is 13.1. The number of esters is 4. The van der Waals surface area contributed by atoms with E-state index in [0.717, 1.165) is 108 Å². The number of aliphatic hydroxyl groups excluding tert-OH is 1. The Hall–Kier alpha value is -1.94. The monoisotopic (exact) mass is 1450 g/mol. The largest absolute Gasteiger partial charge is 0.472 e. The van der Waals surface area contributed by atoms with Crippen LogP contribution in [0.1, 0.15) is 414 Å². The first kappa shape index (κ1) is 97.1. The number of unbranched alkanes of at least 4 members (excludes halogenated alkanes) is 46. The average Bonchev–Trinajstić information content (AvgIpc) is 1.39. The summed E-state index contributed by atoms with van der Waals surface area (Å²) in [6.45, 7) is 12.0. The molecule has 0 spiro atoms. The number of rotatable bonds is 78. The smallest absolute Gasteiger partial charge is 0.462 e. The Morgan fingerprint density at radius 3 is 0.687 bits per heavy atom. The van der Waals surface area contributed by atoms with Crippen molar-refractivity contribution >= 4 is 39.5 Å². The Morgan fingerprint density at radius 2 is 0.465 bits per heavy atom. The summed E-state index contributed by atoms with van der Waals surface area (Å²) in [7, 11) is -9.92. The van der Waals surface area contributed by atoms with E-state index in [9.17, 15) is 43.2 Å². The molecule has 0 rings (SSSR count). The molecule has 17 nitrogen and oxygen atoms in total. The van der Waals surface area contributed by atoms with Crippen molar-refractivity contribution in [3.63, 3.8) is 0 Å². The Morgan fingerprint density at radius 1 is 0.273 bits per heavy atom. The molecule has 0 aliphatic carbocycles. The molecule has 3 N–H and O–H groups in total. The number of ether oxygens (including phenoxy) is 4. The van der Waals surface area contributed by atoms with Gasteiger partial charge in [0.05, 0.1) is 26.4 Å². The summed E-state index contributed by atoms with van der Waals surface area (Å²) in [5.41, 5.74) is 0. The van der Waals surface area contributed by atoms with Gasteiger partial charge in [0.1, 0.15) is 19.3 Å². The van der Waals surface area contributed by atoms with Crippen LogP contribution in [0.25, 0.3) is 0 Å². The second-order valence-electron chi connectivity index (χ2n) is 30.2. The van der Waals surface area contributed by atoms with Gasteiger partial charge in [0.25, 0.3) is 0 Å². The molecule has 19 heteroatoms. The maximum Gasteiger partial charge on any atom is 0.472 e. The second-order valence-corrected chi connectivity index (χ2v) is 33.1. The minimum atomic E-state index is -4.96. The van der Waals surface area contributed by atoms with Crippen LogP contribution in [0, 0.1) is 17.8 Å². The second kappa shape index (κ2) is 70.4. The van der Waals surface area contributed by atoms with Crippen LogP contribution in [0.4, 0.5) is 0 Å². The van der Waals surface area contributed by atoms with Crippen LogP contribution in [0.3, 0.4) is 0 Å². The number of phosphoric ester groups is 2. The highest BCUT2D eigenvalue weighted by Gasteiger charge is 2.30. The number of phosphoric acid groups is 2. The summed E-state index contributed by atoms with van der Waals surface area (Å²) in [5.74, 6) is 0.257. The van der Waals surface area contributed by atoms with Crippen LogP contribution in [0.2, 0.25) is 0 Å². The van der Waals surface area contributed by atoms with E-state index in [2.05, 4.69) is 48.5 Å². The highest BCUT2D eigenvalue weighted by atomic mass is 31.2. The highest BCUT2D eigenvalue weighted by molar-refractivity contribution is 7.47. The van der Waals surface area contributed by atoms with Crippen molar-refractivity contribution in [2.24, 2.45) is 17.8 Å². The van der Waals surface area contributed by atoms with Crippen LogP contribution in [-0.2, 0) is 65.4 Å². The van der Waals surface area contributed by atoms with E-state index in [0.29, 0.717) is 25.7 Å². The molecule has 0 amide bonds. The van der Waals surface area contributed by atoms with Gasteiger partial charge in [-0.05, 0) is 43.4 Å². The molecule has 5 atom stereocenters. The Balaban J connectivity index is 5.24. The number of hydrogen-bond acceptors (Lipinski definition) is 15. The molecule has 0 aromatic rings. The molecular weight excluding hydrogens is 1290 g/mol. The SMILES string of the molecule is CCCCCCCCCCCCC(=O)OC[C@H](COP(=O)(O)OC[C@H](O)COP(=O)(O)OC[C@@H](COC(=O)CCCCCCCCCCCCCCC(C)C)OC(=O)CCCCCCCCCCCCCCCCCCC(C)C)OC(=O)CCCCCCCCCCCCCCC(C)C. The van der Waals surface area contributed by atoms with Crippen molar-refractivity contribution in [1.29, 1.82) is 0 Å².